The number of ether oxygens (including phenoxy) is 1. The molecule has 2 rings (SSSR count). The number of carbonyl (C=O) groups excluding carboxylic acids is 2. The molecule has 0 atom stereocenters. The smallest absolute Gasteiger partial charge is 0.337 e. The zero-order chi connectivity index (χ0) is 22.1. The summed E-state index contributed by atoms with van der Waals surface area (Å²) in [5, 5.41) is 0. The van der Waals surface area contributed by atoms with Gasteiger partial charge in [0.15, 0.2) is 9.83 Å². The molecule has 30 heavy (non-hydrogen) atoms. The Balaban J connectivity index is 2.37. The van der Waals surface area contributed by atoms with Crippen LogP contribution in [0.25, 0.3) is 0 Å². The van der Waals surface area contributed by atoms with Crippen LogP contribution in [0.2, 0.25) is 0 Å². The molecule has 0 bridgehead atoms. The van der Waals surface area contributed by atoms with Gasteiger partial charge in [-0.15, -0.1) is 23.5 Å². The van der Waals surface area contributed by atoms with Crippen molar-refractivity contribution in [3.8, 4) is 5.75 Å². The van der Waals surface area contributed by atoms with Gasteiger partial charge in [-0.1, -0.05) is 58.1 Å². The number of benzene rings is 1. The van der Waals surface area contributed by atoms with Crippen LogP contribution in [-0.2, 0) is 9.59 Å². The highest BCUT2D eigenvalue weighted by molar-refractivity contribution is 8.18. The first-order chi connectivity index (χ1) is 14.4. The van der Waals surface area contributed by atoms with E-state index in [1.54, 1.807) is 0 Å². The quantitative estimate of drug-likeness (QED) is 0.234. The number of para-hydroxylation sites is 2. The number of carbonyl (C=O) groups is 2. The minimum Gasteiger partial charge on any atom is -0.423 e. The van der Waals surface area contributed by atoms with Crippen LogP contribution < -0.4 is 9.64 Å². The molecule has 0 heterocycles. The predicted molar refractivity (Wildman–Crippen MR) is 131 cm³/mol. The molecule has 6 heteroatoms. The summed E-state index contributed by atoms with van der Waals surface area (Å²) < 4.78 is 5.21. The number of hydrogen-bond acceptors (Lipinski definition) is 5. The highest BCUT2D eigenvalue weighted by Crippen LogP contribution is 2.38. The second-order valence-electron chi connectivity index (χ2n) is 8.18. The summed E-state index contributed by atoms with van der Waals surface area (Å²) in [5.41, 5.74) is 0.720. The van der Waals surface area contributed by atoms with Crippen molar-refractivity contribution in [3.05, 3.63) is 24.3 Å². The summed E-state index contributed by atoms with van der Waals surface area (Å²) in [6, 6.07) is 7.51. The Labute approximate surface area is 190 Å². The SMILES string of the molecule is CCC(CC)CN(C(=O)C1CCCCC1)c1ccccc1OC(=O)C(C)(SC)SC. The monoisotopic (exact) mass is 451 g/mol. The lowest BCUT2D eigenvalue weighted by Gasteiger charge is -2.33. The molecule has 0 saturated heterocycles. The normalized spacial score (nSPS) is 15.3. The van der Waals surface area contributed by atoms with Gasteiger partial charge >= 0.3 is 5.97 Å². The van der Waals surface area contributed by atoms with E-state index in [4.69, 9.17) is 4.74 Å². The summed E-state index contributed by atoms with van der Waals surface area (Å²) >= 11 is 2.94. The average Bonchev–Trinajstić information content (AvgIpc) is 2.80. The van der Waals surface area contributed by atoms with Crippen LogP contribution in [0.5, 0.6) is 5.75 Å². The number of anilines is 1. The molecule has 1 amide bonds. The molecule has 1 saturated carbocycles. The van der Waals surface area contributed by atoms with Crippen molar-refractivity contribution in [2.45, 2.75) is 69.8 Å². The molecule has 0 radical (unpaired) electrons. The van der Waals surface area contributed by atoms with Gasteiger partial charge in [0.25, 0.3) is 0 Å². The maximum atomic E-state index is 13.6. The van der Waals surface area contributed by atoms with Gasteiger partial charge in [-0.2, -0.15) is 0 Å². The minimum atomic E-state index is -0.680. The van der Waals surface area contributed by atoms with Crippen molar-refractivity contribution in [1.82, 2.24) is 0 Å². The highest BCUT2D eigenvalue weighted by atomic mass is 32.2. The second-order valence-corrected chi connectivity index (χ2v) is 10.9. The average molecular weight is 452 g/mol. The number of nitrogens with zero attached hydrogens (tertiary/aromatic N) is 1. The van der Waals surface area contributed by atoms with Crippen LogP contribution in [0.15, 0.2) is 24.3 Å². The van der Waals surface area contributed by atoms with Crippen LogP contribution in [-0.4, -0.2) is 35.0 Å². The number of esters is 1. The molecule has 4 nitrogen and oxygen atoms in total. The first-order valence-corrected chi connectivity index (χ1v) is 13.6. The Morgan fingerprint density at radius 1 is 1.10 bits per heavy atom. The Morgan fingerprint density at radius 3 is 2.27 bits per heavy atom. The fourth-order valence-corrected chi connectivity index (χ4v) is 4.97. The second kappa shape index (κ2) is 12.0. The summed E-state index contributed by atoms with van der Waals surface area (Å²) in [7, 11) is 0. The Bertz CT molecular complexity index is 695. The number of rotatable bonds is 10. The fraction of sp³-hybridized carbons (Fsp3) is 0.667. The summed E-state index contributed by atoms with van der Waals surface area (Å²) in [6.07, 6.45) is 11.2. The van der Waals surface area contributed by atoms with E-state index in [1.807, 2.05) is 48.6 Å². The van der Waals surface area contributed by atoms with Gasteiger partial charge in [-0.05, 0) is 50.3 Å². The number of hydrogen-bond donors (Lipinski definition) is 0. The Hall–Kier alpha value is -1.14. The fourth-order valence-electron chi connectivity index (χ4n) is 3.89. The molecule has 168 valence electrons. The molecule has 0 aromatic heterocycles. The van der Waals surface area contributed by atoms with Gasteiger partial charge in [0.2, 0.25) is 5.91 Å². The van der Waals surface area contributed by atoms with E-state index in [0.29, 0.717) is 18.2 Å². The van der Waals surface area contributed by atoms with E-state index in [1.165, 1.54) is 29.9 Å². The highest BCUT2D eigenvalue weighted by Gasteiger charge is 2.35. The van der Waals surface area contributed by atoms with Crippen LogP contribution >= 0.6 is 23.5 Å². The zero-order valence-corrected chi connectivity index (χ0v) is 20.7. The van der Waals surface area contributed by atoms with Crippen LogP contribution in [0.4, 0.5) is 5.69 Å². The van der Waals surface area contributed by atoms with Gasteiger partial charge in [-0.3, -0.25) is 4.79 Å². The van der Waals surface area contributed by atoms with Crippen molar-refractivity contribution in [2.75, 3.05) is 24.0 Å². The van der Waals surface area contributed by atoms with Gasteiger partial charge in [0, 0.05) is 12.5 Å². The van der Waals surface area contributed by atoms with Crippen molar-refractivity contribution in [2.24, 2.45) is 11.8 Å². The summed E-state index contributed by atoms with van der Waals surface area (Å²) in [5.74, 6) is 0.862. The molecule has 0 aliphatic heterocycles. The molecule has 1 aliphatic carbocycles. The maximum absolute atomic E-state index is 13.6. The third-order valence-corrected chi connectivity index (χ3v) is 9.22. The van der Waals surface area contributed by atoms with Gasteiger partial charge in [0.1, 0.15) is 0 Å². The van der Waals surface area contributed by atoms with Gasteiger partial charge in [-0.25, -0.2) is 4.79 Å². The number of amides is 1. The van der Waals surface area contributed by atoms with E-state index >= 15 is 0 Å². The molecule has 1 aromatic carbocycles. The van der Waals surface area contributed by atoms with Crippen molar-refractivity contribution in [3.63, 3.8) is 0 Å². The third kappa shape index (κ3) is 6.19. The van der Waals surface area contributed by atoms with Crippen molar-refractivity contribution in [1.29, 1.82) is 0 Å². The molecular formula is C24H37NO3S2. The van der Waals surface area contributed by atoms with E-state index < -0.39 is 4.08 Å². The van der Waals surface area contributed by atoms with Crippen LogP contribution in [0.3, 0.4) is 0 Å². The Kier molecular flexibility index (Phi) is 10.1. The molecule has 0 spiro atoms. The number of thioether (sulfide) groups is 2. The third-order valence-electron chi connectivity index (χ3n) is 6.32. The maximum Gasteiger partial charge on any atom is 0.337 e. The van der Waals surface area contributed by atoms with Crippen LogP contribution in [0, 0.1) is 11.8 Å². The van der Waals surface area contributed by atoms with E-state index in [0.717, 1.165) is 44.2 Å². The lowest BCUT2D eigenvalue weighted by molar-refractivity contribution is -0.134. The lowest BCUT2D eigenvalue weighted by atomic mass is 9.87. The molecule has 1 aromatic rings. The van der Waals surface area contributed by atoms with E-state index in [2.05, 4.69) is 13.8 Å². The molecule has 1 aliphatic rings. The molecule has 0 N–H and O–H groups in total. The topological polar surface area (TPSA) is 46.6 Å². The van der Waals surface area contributed by atoms with E-state index in [-0.39, 0.29) is 17.8 Å². The first kappa shape index (κ1) is 25.1. The van der Waals surface area contributed by atoms with Gasteiger partial charge in [0.05, 0.1) is 5.69 Å². The lowest BCUT2D eigenvalue weighted by Crippen LogP contribution is -2.41. The predicted octanol–water partition coefficient (Wildman–Crippen LogP) is 6.38. The largest absolute Gasteiger partial charge is 0.423 e. The van der Waals surface area contributed by atoms with Crippen LogP contribution in [0.1, 0.15) is 65.7 Å². The minimum absolute atomic E-state index is 0.0690. The van der Waals surface area contributed by atoms with Crippen molar-refractivity contribution < 1.29 is 14.3 Å². The molecular weight excluding hydrogens is 414 g/mol. The standard InChI is InChI=1S/C24H37NO3S2/c1-6-18(7-2)17-25(22(26)19-13-9-8-10-14-19)20-15-11-12-16-21(20)28-23(27)24(3,29-4)30-5/h11-12,15-16,18-19H,6-10,13-14,17H2,1-5H3. The first-order valence-electron chi connectivity index (χ1n) is 11.1. The Morgan fingerprint density at radius 2 is 1.70 bits per heavy atom. The molecule has 1 fully saturated rings. The summed E-state index contributed by atoms with van der Waals surface area (Å²) in [4.78, 5) is 28.4. The van der Waals surface area contributed by atoms with E-state index in [9.17, 15) is 9.59 Å². The van der Waals surface area contributed by atoms with Gasteiger partial charge < -0.3 is 9.64 Å². The summed E-state index contributed by atoms with van der Waals surface area (Å²) in [6.45, 7) is 6.89. The van der Waals surface area contributed by atoms with Crippen molar-refractivity contribution >= 4 is 41.1 Å². The zero-order valence-electron chi connectivity index (χ0n) is 19.1. The molecule has 0 unspecified atom stereocenters.